The zero-order valence-electron chi connectivity index (χ0n) is 7.82. The van der Waals surface area contributed by atoms with Crippen LogP contribution in [-0.4, -0.2) is 22.3 Å². The van der Waals surface area contributed by atoms with E-state index in [4.69, 9.17) is 5.11 Å². The summed E-state index contributed by atoms with van der Waals surface area (Å²) in [5.41, 5.74) is 0.826. The van der Waals surface area contributed by atoms with Gasteiger partial charge in [-0.2, -0.15) is 11.8 Å². The van der Waals surface area contributed by atoms with Crippen molar-refractivity contribution in [1.82, 2.24) is 4.98 Å². The summed E-state index contributed by atoms with van der Waals surface area (Å²) in [5, 5.41) is 9.93. The standard InChI is InChI=1S/C9H11NO2S2/c1-13-4-6-10-7(5-2-3-5)8(14-6)9(11)12/h5H,2-4H2,1H3,(H,11,12). The van der Waals surface area contributed by atoms with Gasteiger partial charge in [-0.25, -0.2) is 9.78 Å². The molecule has 0 amide bonds. The number of hydrogen-bond donors (Lipinski definition) is 1. The number of thiazole rings is 1. The van der Waals surface area contributed by atoms with Gasteiger partial charge in [-0.05, 0) is 19.1 Å². The van der Waals surface area contributed by atoms with Crippen molar-refractivity contribution in [2.75, 3.05) is 6.26 Å². The Morgan fingerprint density at radius 3 is 2.93 bits per heavy atom. The fourth-order valence-corrected chi connectivity index (χ4v) is 3.03. The highest BCUT2D eigenvalue weighted by molar-refractivity contribution is 7.97. The van der Waals surface area contributed by atoms with Gasteiger partial charge in [-0.15, -0.1) is 11.3 Å². The molecular weight excluding hydrogens is 218 g/mol. The molecule has 1 aliphatic rings. The molecule has 1 aromatic rings. The first-order chi connectivity index (χ1) is 6.72. The molecule has 1 saturated carbocycles. The van der Waals surface area contributed by atoms with E-state index in [9.17, 15) is 4.79 Å². The molecule has 76 valence electrons. The predicted octanol–water partition coefficient (Wildman–Crippen LogP) is 2.58. The Kier molecular flexibility index (Phi) is 2.78. The molecular formula is C9H11NO2S2. The molecule has 0 radical (unpaired) electrons. The SMILES string of the molecule is CSCc1nc(C2CC2)c(C(=O)O)s1. The summed E-state index contributed by atoms with van der Waals surface area (Å²) in [7, 11) is 0. The minimum Gasteiger partial charge on any atom is -0.477 e. The van der Waals surface area contributed by atoms with Crippen molar-refractivity contribution >= 4 is 29.1 Å². The molecule has 0 atom stereocenters. The Morgan fingerprint density at radius 2 is 2.43 bits per heavy atom. The van der Waals surface area contributed by atoms with E-state index < -0.39 is 5.97 Å². The molecule has 1 heterocycles. The van der Waals surface area contributed by atoms with Gasteiger partial charge in [0.1, 0.15) is 9.88 Å². The topological polar surface area (TPSA) is 50.2 Å². The summed E-state index contributed by atoms with van der Waals surface area (Å²) in [5.74, 6) is 0.419. The molecule has 2 rings (SSSR count). The zero-order chi connectivity index (χ0) is 10.1. The Bertz CT molecular complexity index is 358. The largest absolute Gasteiger partial charge is 0.477 e. The van der Waals surface area contributed by atoms with E-state index >= 15 is 0 Å². The highest BCUT2D eigenvalue weighted by atomic mass is 32.2. The maximum absolute atomic E-state index is 10.9. The number of carbonyl (C=O) groups is 1. The Morgan fingerprint density at radius 1 is 1.71 bits per heavy atom. The van der Waals surface area contributed by atoms with Crippen molar-refractivity contribution in [3.8, 4) is 0 Å². The molecule has 1 aromatic heterocycles. The molecule has 1 aliphatic carbocycles. The number of aromatic carboxylic acids is 1. The third kappa shape index (κ3) is 1.93. The van der Waals surface area contributed by atoms with Crippen molar-refractivity contribution in [2.24, 2.45) is 0 Å². The highest BCUT2D eigenvalue weighted by Gasteiger charge is 2.31. The molecule has 0 bridgehead atoms. The molecule has 0 unspecified atom stereocenters. The number of aromatic nitrogens is 1. The lowest BCUT2D eigenvalue weighted by Gasteiger charge is -1.91. The van der Waals surface area contributed by atoms with Gasteiger partial charge in [0.15, 0.2) is 0 Å². The number of rotatable bonds is 4. The summed E-state index contributed by atoms with van der Waals surface area (Å²) < 4.78 is 0. The Labute approximate surface area is 90.6 Å². The quantitative estimate of drug-likeness (QED) is 0.862. The maximum Gasteiger partial charge on any atom is 0.347 e. The molecule has 0 saturated heterocycles. The van der Waals surface area contributed by atoms with Crippen LogP contribution in [0.15, 0.2) is 0 Å². The third-order valence-electron chi connectivity index (χ3n) is 2.12. The average Bonchev–Trinajstić information content (AvgIpc) is 2.88. The van der Waals surface area contributed by atoms with Gasteiger partial charge in [0.05, 0.1) is 5.69 Å². The van der Waals surface area contributed by atoms with Crippen LogP contribution in [-0.2, 0) is 5.75 Å². The first-order valence-corrected chi connectivity index (χ1v) is 6.65. The van der Waals surface area contributed by atoms with Gasteiger partial charge in [-0.1, -0.05) is 0 Å². The van der Waals surface area contributed by atoms with Crippen LogP contribution in [0.2, 0.25) is 0 Å². The van der Waals surface area contributed by atoms with Gasteiger partial charge >= 0.3 is 5.97 Å². The van der Waals surface area contributed by atoms with Gasteiger partial charge in [0, 0.05) is 11.7 Å². The summed E-state index contributed by atoms with van der Waals surface area (Å²) in [6.07, 6.45) is 4.20. The highest BCUT2D eigenvalue weighted by Crippen LogP contribution is 2.42. The summed E-state index contributed by atoms with van der Waals surface area (Å²) in [6.45, 7) is 0. The van der Waals surface area contributed by atoms with Crippen molar-refractivity contribution in [2.45, 2.75) is 24.5 Å². The second-order valence-electron chi connectivity index (χ2n) is 3.33. The van der Waals surface area contributed by atoms with Crippen LogP contribution in [0.1, 0.15) is 39.1 Å². The smallest absolute Gasteiger partial charge is 0.347 e. The van der Waals surface area contributed by atoms with Gasteiger partial charge in [0.2, 0.25) is 0 Å². The molecule has 0 spiro atoms. The van der Waals surface area contributed by atoms with Gasteiger partial charge < -0.3 is 5.11 Å². The number of hydrogen-bond acceptors (Lipinski definition) is 4. The monoisotopic (exact) mass is 229 g/mol. The normalized spacial score (nSPS) is 15.8. The second kappa shape index (κ2) is 3.90. The fourth-order valence-electron chi connectivity index (χ4n) is 1.35. The van der Waals surface area contributed by atoms with E-state index in [1.807, 2.05) is 6.26 Å². The third-order valence-corrected chi connectivity index (χ3v) is 3.93. The van der Waals surface area contributed by atoms with Crippen LogP contribution < -0.4 is 0 Å². The Hall–Kier alpha value is -0.550. The lowest BCUT2D eigenvalue weighted by Crippen LogP contribution is -1.97. The molecule has 0 aliphatic heterocycles. The molecule has 1 N–H and O–H groups in total. The zero-order valence-corrected chi connectivity index (χ0v) is 9.45. The van der Waals surface area contributed by atoms with Crippen LogP contribution >= 0.6 is 23.1 Å². The molecule has 0 aromatic carbocycles. The van der Waals surface area contributed by atoms with Crippen LogP contribution in [0.25, 0.3) is 0 Å². The minimum absolute atomic E-state index is 0.424. The van der Waals surface area contributed by atoms with Gasteiger partial charge in [-0.3, -0.25) is 0 Å². The summed E-state index contributed by atoms with van der Waals surface area (Å²) in [6, 6.07) is 0. The van der Waals surface area contributed by atoms with Crippen molar-refractivity contribution in [1.29, 1.82) is 0 Å². The first kappa shape index (κ1) is 9.98. The van der Waals surface area contributed by atoms with Crippen molar-refractivity contribution < 1.29 is 9.90 Å². The van der Waals surface area contributed by atoms with E-state index in [0.717, 1.165) is 29.3 Å². The molecule has 1 fully saturated rings. The fraction of sp³-hybridized carbons (Fsp3) is 0.556. The summed E-state index contributed by atoms with van der Waals surface area (Å²) >= 11 is 3.00. The number of carboxylic acid groups (broad SMARTS) is 1. The molecule has 3 nitrogen and oxygen atoms in total. The first-order valence-electron chi connectivity index (χ1n) is 4.44. The van der Waals surface area contributed by atoms with E-state index in [0.29, 0.717) is 10.8 Å². The van der Waals surface area contributed by atoms with Crippen LogP contribution in [0.3, 0.4) is 0 Å². The molecule has 5 heteroatoms. The van der Waals surface area contributed by atoms with Gasteiger partial charge in [0.25, 0.3) is 0 Å². The molecule has 14 heavy (non-hydrogen) atoms. The minimum atomic E-state index is -0.822. The van der Waals surface area contributed by atoms with Crippen LogP contribution in [0.5, 0.6) is 0 Å². The van der Waals surface area contributed by atoms with Crippen LogP contribution in [0.4, 0.5) is 0 Å². The summed E-state index contributed by atoms with van der Waals surface area (Å²) in [4.78, 5) is 15.8. The number of thioether (sulfide) groups is 1. The average molecular weight is 229 g/mol. The maximum atomic E-state index is 10.9. The Balaban J connectivity index is 2.30. The predicted molar refractivity (Wildman–Crippen MR) is 58.3 cm³/mol. The van der Waals surface area contributed by atoms with E-state index in [1.165, 1.54) is 11.3 Å². The van der Waals surface area contributed by atoms with E-state index in [-0.39, 0.29) is 0 Å². The lowest BCUT2D eigenvalue weighted by molar-refractivity contribution is 0.0700. The van der Waals surface area contributed by atoms with E-state index in [1.54, 1.807) is 11.8 Å². The number of nitrogens with zero attached hydrogens (tertiary/aromatic N) is 1. The number of carboxylic acids is 1. The second-order valence-corrected chi connectivity index (χ2v) is 5.28. The van der Waals surface area contributed by atoms with Crippen molar-refractivity contribution in [3.63, 3.8) is 0 Å². The lowest BCUT2D eigenvalue weighted by atomic mass is 10.2. The van der Waals surface area contributed by atoms with E-state index in [2.05, 4.69) is 4.98 Å². The van der Waals surface area contributed by atoms with Crippen molar-refractivity contribution in [3.05, 3.63) is 15.6 Å². The van der Waals surface area contributed by atoms with Crippen LogP contribution in [0, 0.1) is 0 Å².